The van der Waals surface area contributed by atoms with Crippen molar-refractivity contribution in [1.82, 2.24) is 19.5 Å². The number of alkyl halides is 3. The van der Waals surface area contributed by atoms with Gasteiger partial charge in [0, 0.05) is 23.8 Å². The number of carbonyl (C=O) groups is 1. The third-order valence-electron chi connectivity index (χ3n) is 6.15. The van der Waals surface area contributed by atoms with Crippen LogP contribution in [0.5, 0.6) is 0 Å². The number of ether oxygens (including phenoxy) is 1. The van der Waals surface area contributed by atoms with E-state index in [4.69, 9.17) is 4.74 Å². The normalized spacial score (nSPS) is 17.6. The Kier molecular flexibility index (Phi) is 6.40. The van der Waals surface area contributed by atoms with Crippen LogP contribution in [0, 0.1) is 18.3 Å². The highest BCUT2D eigenvalue weighted by atomic mass is 19.4. The molecule has 184 valence electrons. The van der Waals surface area contributed by atoms with E-state index >= 15 is 0 Å². The number of halogens is 3. The summed E-state index contributed by atoms with van der Waals surface area (Å²) in [6.07, 6.45) is 3.40. The molecule has 0 aliphatic heterocycles. The van der Waals surface area contributed by atoms with Crippen LogP contribution in [0.25, 0.3) is 11.3 Å². The second-order valence-corrected chi connectivity index (χ2v) is 9.32. The lowest BCUT2D eigenvalue weighted by molar-refractivity contribution is -0.149. The molecule has 1 unspecified atom stereocenters. The molecule has 1 aliphatic carbocycles. The van der Waals surface area contributed by atoms with Crippen molar-refractivity contribution in [1.29, 1.82) is 0 Å². The SMILES string of the molecule is COC(=O)C1CC=C(c2cn(-c3cc(C)cc(Nc4nccc(C(F)(F)F)n4)c3)cn2)CC1(C)C. The molecule has 2 heterocycles. The summed E-state index contributed by atoms with van der Waals surface area (Å²) in [5.41, 5.74) is 2.80. The molecule has 4 rings (SSSR count). The Morgan fingerprint density at radius 2 is 2.00 bits per heavy atom. The largest absolute Gasteiger partial charge is 0.469 e. The third-order valence-corrected chi connectivity index (χ3v) is 6.15. The van der Waals surface area contributed by atoms with Crippen molar-refractivity contribution in [3.8, 4) is 5.69 Å². The van der Waals surface area contributed by atoms with E-state index in [-0.39, 0.29) is 23.3 Å². The summed E-state index contributed by atoms with van der Waals surface area (Å²) in [6.45, 7) is 5.98. The van der Waals surface area contributed by atoms with Gasteiger partial charge in [0.05, 0.1) is 25.0 Å². The van der Waals surface area contributed by atoms with Crippen LogP contribution in [0.15, 0.2) is 49.1 Å². The molecule has 0 amide bonds. The maximum Gasteiger partial charge on any atom is 0.433 e. The lowest BCUT2D eigenvalue weighted by atomic mass is 9.68. The molecule has 1 aliphatic rings. The molecule has 0 bridgehead atoms. The highest BCUT2D eigenvalue weighted by molar-refractivity contribution is 5.76. The Morgan fingerprint density at radius 1 is 1.23 bits per heavy atom. The summed E-state index contributed by atoms with van der Waals surface area (Å²) in [6, 6.07) is 6.35. The molecule has 0 radical (unpaired) electrons. The molecule has 1 aromatic carbocycles. The molecule has 0 saturated heterocycles. The maximum absolute atomic E-state index is 13.0. The zero-order valence-electron chi connectivity index (χ0n) is 19.8. The zero-order valence-corrected chi connectivity index (χ0v) is 19.8. The topological polar surface area (TPSA) is 81.9 Å². The van der Waals surface area contributed by atoms with Gasteiger partial charge in [-0.2, -0.15) is 13.2 Å². The Bertz CT molecular complexity index is 1280. The summed E-state index contributed by atoms with van der Waals surface area (Å²) in [7, 11) is 1.41. The molecular weight excluding hydrogens is 459 g/mol. The van der Waals surface area contributed by atoms with Crippen LogP contribution >= 0.6 is 0 Å². The Hall–Kier alpha value is -3.69. The fraction of sp³-hybridized carbons (Fsp3) is 0.360. The van der Waals surface area contributed by atoms with Crippen molar-refractivity contribution < 1.29 is 22.7 Å². The fourth-order valence-electron chi connectivity index (χ4n) is 4.34. The number of rotatable bonds is 5. The van der Waals surface area contributed by atoms with E-state index in [0.29, 0.717) is 18.5 Å². The first kappa shape index (κ1) is 24.4. The van der Waals surface area contributed by atoms with Crippen LogP contribution in [0.4, 0.5) is 24.8 Å². The minimum Gasteiger partial charge on any atom is -0.469 e. The molecule has 2 aromatic heterocycles. The molecular formula is C25H26F3N5O2. The number of hydrogen-bond acceptors (Lipinski definition) is 6. The number of anilines is 2. The van der Waals surface area contributed by atoms with Crippen LogP contribution in [-0.2, 0) is 15.7 Å². The van der Waals surface area contributed by atoms with Gasteiger partial charge in [-0.05, 0) is 60.6 Å². The van der Waals surface area contributed by atoms with Crippen molar-refractivity contribution in [2.75, 3.05) is 12.4 Å². The van der Waals surface area contributed by atoms with Gasteiger partial charge in [-0.15, -0.1) is 0 Å². The Balaban J connectivity index is 1.58. The standard InChI is InChI=1S/C25H26F3N5O2/c1-15-9-17(31-23-29-8-7-21(32-23)25(26,27)28)11-18(10-15)33-13-20(30-14-33)16-5-6-19(22(34)35-4)24(2,3)12-16/h5,7-11,13-14,19H,6,12H2,1-4H3,(H,29,31,32). The molecule has 7 nitrogen and oxygen atoms in total. The predicted molar refractivity (Wildman–Crippen MR) is 125 cm³/mol. The highest BCUT2D eigenvalue weighted by Gasteiger charge is 2.39. The number of carbonyl (C=O) groups excluding carboxylic acids is 1. The molecule has 3 aromatic rings. The van der Waals surface area contributed by atoms with Crippen molar-refractivity contribution in [3.05, 3.63) is 66.0 Å². The third kappa shape index (κ3) is 5.36. The van der Waals surface area contributed by atoms with Crippen molar-refractivity contribution in [2.24, 2.45) is 11.3 Å². The average molecular weight is 486 g/mol. The number of benzene rings is 1. The first-order valence-corrected chi connectivity index (χ1v) is 11.1. The van der Waals surface area contributed by atoms with E-state index in [2.05, 4.69) is 20.3 Å². The van der Waals surface area contributed by atoms with Gasteiger partial charge in [0.2, 0.25) is 5.95 Å². The van der Waals surface area contributed by atoms with Crippen LogP contribution in [0.3, 0.4) is 0 Å². The highest BCUT2D eigenvalue weighted by Crippen LogP contribution is 2.44. The molecule has 0 spiro atoms. The van der Waals surface area contributed by atoms with Gasteiger partial charge in [-0.25, -0.2) is 15.0 Å². The number of aromatic nitrogens is 4. The predicted octanol–water partition coefficient (Wildman–Crippen LogP) is 5.73. The van der Waals surface area contributed by atoms with Crippen LogP contribution in [0.1, 0.15) is 43.6 Å². The fourth-order valence-corrected chi connectivity index (χ4v) is 4.34. The first-order valence-electron chi connectivity index (χ1n) is 11.1. The van der Waals surface area contributed by atoms with Gasteiger partial charge in [-0.1, -0.05) is 19.9 Å². The summed E-state index contributed by atoms with van der Waals surface area (Å²) in [4.78, 5) is 24.2. The zero-order chi connectivity index (χ0) is 25.4. The quantitative estimate of drug-likeness (QED) is 0.465. The smallest absolute Gasteiger partial charge is 0.433 e. The molecule has 1 N–H and O–H groups in total. The number of aryl methyl sites for hydroxylation is 1. The summed E-state index contributed by atoms with van der Waals surface area (Å²) in [5, 5.41) is 2.86. The first-order chi connectivity index (χ1) is 16.5. The van der Waals surface area contributed by atoms with E-state index in [9.17, 15) is 18.0 Å². The van der Waals surface area contributed by atoms with Gasteiger partial charge in [0.1, 0.15) is 5.69 Å². The molecule has 1 atom stereocenters. The van der Waals surface area contributed by atoms with Crippen molar-refractivity contribution >= 4 is 23.2 Å². The number of esters is 1. The lowest BCUT2D eigenvalue weighted by Gasteiger charge is -2.36. The number of hydrogen-bond donors (Lipinski definition) is 1. The number of nitrogens with zero attached hydrogens (tertiary/aromatic N) is 4. The Labute approximate surface area is 201 Å². The van der Waals surface area contributed by atoms with Crippen molar-refractivity contribution in [3.63, 3.8) is 0 Å². The van der Waals surface area contributed by atoms with Gasteiger partial charge < -0.3 is 14.6 Å². The van der Waals surface area contributed by atoms with E-state index < -0.39 is 11.9 Å². The van der Waals surface area contributed by atoms with Crippen LogP contribution in [-0.4, -0.2) is 32.6 Å². The Morgan fingerprint density at radius 3 is 2.69 bits per heavy atom. The minimum atomic E-state index is -4.55. The number of imidazole rings is 1. The second-order valence-electron chi connectivity index (χ2n) is 9.32. The van der Waals surface area contributed by atoms with E-state index in [1.807, 2.05) is 43.7 Å². The monoisotopic (exact) mass is 485 g/mol. The number of methoxy groups -OCH3 is 1. The second kappa shape index (κ2) is 9.16. The molecule has 0 saturated carbocycles. The van der Waals surface area contributed by atoms with Crippen molar-refractivity contribution in [2.45, 2.75) is 39.8 Å². The lowest BCUT2D eigenvalue weighted by Crippen LogP contribution is -2.34. The van der Waals surface area contributed by atoms with Crippen LogP contribution < -0.4 is 5.32 Å². The molecule has 35 heavy (non-hydrogen) atoms. The molecule has 0 fully saturated rings. The maximum atomic E-state index is 13.0. The average Bonchev–Trinajstić information content (AvgIpc) is 3.28. The summed E-state index contributed by atoms with van der Waals surface area (Å²) < 4.78 is 45.8. The number of nitrogens with one attached hydrogen (secondary N) is 1. The van der Waals surface area contributed by atoms with Crippen LogP contribution in [0.2, 0.25) is 0 Å². The van der Waals surface area contributed by atoms with E-state index in [1.54, 1.807) is 18.5 Å². The molecule has 10 heteroatoms. The van der Waals surface area contributed by atoms with Gasteiger partial charge in [-0.3, -0.25) is 4.79 Å². The summed E-state index contributed by atoms with van der Waals surface area (Å²) >= 11 is 0. The van der Waals surface area contributed by atoms with Gasteiger partial charge >= 0.3 is 12.1 Å². The summed E-state index contributed by atoms with van der Waals surface area (Å²) in [5.74, 6) is -0.556. The van der Waals surface area contributed by atoms with Gasteiger partial charge in [0.15, 0.2) is 0 Å². The minimum absolute atomic E-state index is 0.141. The van der Waals surface area contributed by atoms with E-state index in [0.717, 1.165) is 34.8 Å². The number of allylic oxidation sites excluding steroid dienone is 2. The van der Waals surface area contributed by atoms with Gasteiger partial charge in [0.25, 0.3) is 0 Å². The van der Waals surface area contributed by atoms with E-state index in [1.165, 1.54) is 7.11 Å².